The fourth-order valence-corrected chi connectivity index (χ4v) is 9.71. The minimum absolute atomic E-state index is 0.0415. The second-order valence-corrected chi connectivity index (χ2v) is 22.2. The Balaban J connectivity index is 1.38. The lowest BCUT2D eigenvalue weighted by Crippen LogP contribution is -2.62. The van der Waals surface area contributed by atoms with E-state index in [1.807, 2.05) is 13.8 Å². The van der Waals surface area contributed by atoms with Crippen LogP contribution in [0, 0.1) is 17.8 Å². The first-order valence-corrected chi connectivity index (χ1v) is 28.7. The number of carbonyl (C=O) groups is 9. The van der Waals surface area contributed by atoms with Gasteiger partial charge in [-0.25, -0.2) is 14.8 Å². The number of hydrogen-bond acceptors (Lipinski definition) is 14. The van der Waals surface area contributed by atoms with E-state index in [1.54, 1.807) is 70.2 Å². The van der Waals surface area contributed by atoms with Crippen LogP contribution in [-0.4, -0.2) is 162 Å². The van der Waals surface area contributed by atoms with Gasteiger partial charge in [-0.2, -0.15) is 0 Å². The first-order valence-electron chi connectivity index (χ1n) is 28.7. The number of aliphatic imine (C=N–C) groups is 1. The normalized spacial score (nSPS) is 16.2. The van der Waals surface area contributed by atoms with Crippen LogP contribution in [0.3, 0.4) is 0 Å². The number of nitrogens with zero attached hydrogens (tertiary/aromatic N) is 4. The molecule has 0 bridgehead atoms. The molecule has 0 saturated carbocycles. The molecule has 27 heteroatoms. The number of aromatic hydroxyl groups is 1. The average molecular weight is 1180 g/mol. The molecule has 10 unspecified atom stereocenters. The van der Waals surface area contributed by atoms with Gasteiger partial charge in [0.25, 0.3) is 0 Å². The van der Waals surface area contributed by atoms with Crippen LogP contribution in [-0.2, 0) is 68.8 Å². The number of benzene rings is 2. The highest BCUT2D eigenvalue weighted by Gasteiger charge is 2.41. The molecule has 3 heterocycles. The number of aromatic amines is 2. The van der Waals surface area contributed by atoms with E-state index in [1.165, 1.54) is 42.1 Å². The molecule has 0 radical (unpaired) electrons. The Kier molecular flexibility index (Phi) is 25.8. The van der Waals surface area contributed by atoms with Gasteiger partial charge in [-0.1, -0.05) is 90.4 Å². The van der Waals surface area contributed by atoms with E-state index in [0.29, 0.717) is 41.8 Å². The smallest absolute Gasteiger partial charge is 0.326 e. The first-order chi connectivity index (χ1) is 40.4. The minimum atomic E-state index is -1.35. The van der Waals surface area contributed by atoms with Gasteiger partial charge in [-0.05, 0) is 73.1 Å². The van der Waals surface area contributed by atoms with Gasteiger partial charge in [0.2, 0.25) is 47.3 Å². The van der Waals surface area contributed by atoms with Crippen molar-refractivity contribution in [2.24, 2.45) is 39.9 Å². The molecule has 1 saturated heterocycles. The zero-order chi connectivity index (χ0) is 62.3. The third-order valence-corrected chi connectivity index (χ3v) is 14.6. The second kappa shape index (κ2) is 32.8. The maximum absolute atomic E-state index is 15.0. The SMILES string of the molecule is CCC(C)C(NC(=O)C(Cc1ccc(O)cc1)NC(=O)C(NC(=O)C(N)CCCN=C(N)N)C(C)C)C(=O)NC(Cc1cnc[nH]1)C(=O)N1CCCC1C(=O)NC(Cc1ccccc1)C(=O)NC(Cc1cnc[nH]1)C(=O)NC(CC(C)C)C(=O)O. The number of nitrogens with one attached hydrogen (secondary N) is 9. The average Bonchev–Trinajstić information content (AvgIpc) is 4.49. The molecule has 1 fully saturated rings. The van der Waals surface area contributed by atoms with Gasteiger partial charge in [0.15, 0.2) is 5.96 Å². The predicted molar refractivity (Wildman–Crippen MR) is 314 cm³/mol. The number of carbonyl (C=O) groups excluding carboxylic acids is 8. The summed E-state index contributed by atoms with van der Waals surface area (Å²) >= 11 is 0. The Hall–Kier alpha value is -8.88. The molecular formula is C58H84N16O11. The first kappa shape index (κ1) is 66.9. The van der Waals surface area contributed by atoms with Crippen molar-refractivity contribution in [2.45, 2.75) is 160 Å². The molecule has 0 aliphatic carbocycles. The molecule has 1 aliphatic rings. The fraction of sp³-hybridized carbons (Fsp3) is 0.517. The number of rotatable bonds is 33. The quantitative estimate of drug-likeness (QED) is 0.0166. The number of guanidine groups is 1. The molecule has 5 rings (SSSR count). The highest BCUT2D eigenvalue weighted by molar-refractivity contribution is 5.98. The van der Waals surface area contributed by atoms with Crippen LogP contribution in [0.2, 0.25) is 0 Å². The second-order valence-electron chi connectivity index (χ2n) is 22.2. The van der Waals surface area contributed by atoms with E-state index in [4.69, 9.17) is 17.2 Å². The third-order valence-electron chi connectivity index (χ3n) is 14.6. The van der Waals surface area contributed by atoms with Crippen LogP contribution in [0.1, 0.15) is 103 Å². The van der Waals surface area contributed by atoms with Crippen LogP contribution in [0.25, 0.3) is 0 Å². The topological polar surface area (TPSA) is 429 Å². The number of hydrogen-bond donors (Lipinski definition) is 14. The maximum atomic E-state index is 15.0. The highest BCUT2D eigenvalue weighted by Crippen LogP contribution is 2.22. The van der Waals surface area contributed by atoms with Gasteiger partial charge < -0.3 is 79.5 Å². The largest absolute Gasteiger partial charge is 0.508 e. The van der Waals surface area contributed by atoms with Crippen LogP contribution < -0.4 is 54.4 Å². The molecule has 85 heavy (non-hydrogen) atoms. The van der Waals surface area contributed by atoms with Crippen molar-refractivity contribution in [1.29, 1.82) is 0 Å². The molecule has 2 aromatic heterocycles. The Bertz CT molecular complexity index is 2870. The Morgan fingerprint density at radius 1 is 0.659 bits per heavy atom. The van der Waals surface area contributed by atoms with Crippen molar-refractivity contribution < 1.29 is 53.4 Å². The summed E-state index contributed by atoms with van der Waals surface area (Å²) in [4.78, 5) is 146. The molecule has 1 aliphatic heterocycles. The highest BCUT2D eigenvalue weighted by atomic mass is 16.4. The number of carboxylic acid groups (broad SMARTS) is 1. The number of likely N-dealkylation sites (tertiary alicyclic amines) is 1. The lowest BCUT2D eigenvalue weighted by molar-refractivity contribution is -0.143. The van der Waals surface area contributed by atoms with E-state index < -0.39 is 119 Å². The fourth-order valence-electron chi connectivity index (χ4n) is 9.71. The molecule has 17 N–H and O–H groups in total. The zero-order valence-corrected chi connectivity index (χ0v) is 49.0. The Morgan fingerprint density at radius 2 is 1.18 bits per heavy atom. The molecule has 27 nitrogen and oxygen atoms in total. The van der Waals surface area contributed by atoms with Gasteiger partial charge in [0, 0.05) is 62.6 Å². The standard InChI is InChI=1S/C58H84N16O11/c1-7-34(6)48(73-52(79)42(25-36-17-19-39(75)20-18-36)69-54(81)47(33(4)5)72-49(76)40(59)15-11-21-64-58(60)61)55(82)70-44(27-38-29-63-31-66-38)56(83)74-22-12-16-46(74)53(80)68-41(24-35-13-9-8-10-14-35)50(77)67-43(26-37-28-62-30-65-37)51(78)71-45(57(84)85)23-32(2)3/h8-10,13-14,17-20,28-34,40-48,75H,7,11-12,15-16,21-27,59H2,1-6H3,(H,62,65)(H,63,66)(H,67,77)(H,68,80)(H,69,81)(H,70,82)(H,71,78)(H,72,76)(H,73,79)(H,84,85)(H4,60,61,64). The van der Waals surface area contributed by atoms with Crippen LogP contribution in [0.4, 0.5) is 0 Å². The summed E-state index contributed by atoms with van der Waals surface area (Å²) < 4.78 is 0. The number of phenols is 1. The van der Waals surface area contributed by atoms with E-state index >= 15 is 0 Å². The summed E-state index contributed by atoms with van der Waals surface area (Å²) in [5, 5.41) is 39.2. The Morgan fingerprint density at radius 3 is 1.73 bits per heavy atom. The number of nitrogens with two attached hydrogens (primary N) is 3. The van der Waals surface area contributed by atoms with Crippen LogP contribution >= 0.6 is 0 Å². The number of phenolic OH excluding ortho intramolecular Hbond substituents is 1. The summed E-state index contributed by atoms with van der Waals surface area (Å²) in [5.41, 5.74) is 19.1. The molecule has 10 atom stereocenters. The lowest BCUT2D eigenvalue weighted by atomic mass is 9.96. The van der Waals surface area contributed by atoms with Gasteiger partial charge in [0.1, 0.15) is 54.1 Å². The number of aromatic nitrogens is 4. The molecule has 2 aromatic carbocycles. The predicted octanol–water partition coefficient (Wildman–Crippen LogP) is -0.293. The number of carboxylic acids is 1. The number of H-pyrrole nitrogens is 2. The minimum Gasteiger partial charge on any atom is -0.508 e. The van der Waals surface area contributed by atoms with E-state index in [9.17, 15) is 53.4 Å². The van der Waals surface area contributed by atoms with E-state index in [0.717, 1.165) is 0 Å². The van der Waals surface area contributed by atoms with Gasteiger partial charge in [0.05, 0.1) is 18.7 Å². The van der Waals surface area contributed by atoms with Crippen molar-refractivity contribution in [3.05, 3.63) is 102 Å². The van der Waals surface area contributed by atoms with Crippen molar-refractivity contribution in [3.63, 3.8) is 0 Å². The summed E-state index contributed by atoms with van der Waals surface area (Å²) in [6.45, 7) is 10.9. The summed E-state index contributed by atoms with van der Waals surface area (Å²) in [7, 11) is 0. The molecule has 0 spiro atoms. The third kappa shape index (κ3) is 21.1. The Labute approximate surface area is 494 Å². The number of amides is 8. The molecule has 4 aromatic rings. The summed E-state index contributed by atoms with van der Waals surface area (Å²) in [5.74, 6) is -8.30. The van der Waals surface area contributed by atoms with E-state index in [2.05, 4.69) is 62.1 Å². The maximum Gasteiger partial charge on any atom is 0.326 e. The molecule has 462 valence electrons. The van der Waals surface area contributed by atoms with Crippen LogP contribution in [0.15, 0.2) is 84.6 Å². The van der Waals surface area contributed by atoms with Crippen molar-refractivity contribution >= 4 is 59.2 Å². The van der Waals surface area contributed by atoms with Gasteiger partial charge in [-0.15, -0.1) is 0 Å². The van der Waals surface area contributed by atoms with Crippen molar-refractivity contribution in [2.75, 3.05) is 13.1 Å². The van der Waals surface area contributed by atoms with Crippen LogP contribution in [0.5, 0.6) is 5.75 Å². The summed E-state index contributed by atoms with van der Waals surface area (Å²) in [6, 6.07) is 3.56. The molecule has 8 amide bonds. The van der Waals surface area contributed by atoms with Gasteiger partial charge >= 0.3 is 5.97 Å². The number of imidazole rings is 2. The van der Waals surface area contributed by atoms with Crippen molar-refractivity contribution in [3.8, 4) is 5.75 Å². The lowest BCUT2D eigenvalue weighted by Gasteiger charge is -2.32. The van der Waals surface area contributed by atoms with E-state index in [-0.39, 0.29) is 75.7 Å². The summed E-state index contributed by atoms with van der Waals surface area (Å²) in [6.07, 6.45) is 6.94. The number of aliphatic carboxylic acids is 1. The monoisotopic (exact) mass is 1180 g/mol. The van der Waals surface area contributed by atoms with Crippen molar-refractivity contribution in [1.82, 2.24) is 62.1 Å². The zero-order valence-electron chi connectivity index (χ0n) is 49.0. The molecular weight excluding hydrogens is 1100 g/mol. The van der Waals surface area contributed by atoms with Gasteiger partial charge in [-0.3, -0.25) is 43.3 Å².